The molecule has 1 aromatic carbocycles. The lowest BCUT2D eigenvalue weighted by Gasteiger charge is -2.23. The third-order valence-corrected chi connectivity index (χ3v) is 5.70. The summed E-state index contributed by atoms with van der Waals surface area (Å²) >= 11 is 6.19. The molecule has 2 N–H and O–H groups in total. The minimum atomic E-state index is -0.159. The number of aromatic nitrogens is 2. The predicted molar refractivity (Wildman–Crippen MR) is 116 cm³/mol. The third kappa shape index (κ3) is 5.05. The van der Waals surface area contributed by atoms with Crippen LogP contribution in [0.1, 0.15) is 36.1 Å². The first kappa shape index (κ1) is 19.7. The number of quaternary nitrogens is 1. The molecule has 0 atom stereocenters. The number of carbonyl (C=O) groups excluding carboxylic acids is 1. The predicted octanol–water partition coefficient (Wildman–Crippen LogP) is 2.89. The van der Waals surface area contributed by atoms with E-state index in [0.717, 1.165) is 17.8 Å². The van der Waals surface area contributed by atoms with Gasteiger partial charge >= 0.3 is 0 Å². The van der Waals surface area contributed by atoms with E-state index >= 15 is 0 Å². The van der Waals surface area contributed by atoms with Gasteiger partial charge in [-0.1, -0.05) is 41.9 Å². The molecule has 0 spiro atoms. The summed E-state index contributed by atoms with van der Waals surface area (Å²) in [6.45, 7) is 4.15. The number of pyridine rings is 1. The van der Waals surface area contributed by atoms with E-state index in [1.807, 2.05) is 28.8 Å². The zero-order valence-corrected chi connectivity index (χ0v) is 17.2. The first-order chi connectivity index (χ1) is 14.2. The van der Waals surface area contributed by atoms with E-state index in [1.54, 1.807) is 11.0 Å². The number of fused-ring (bicyclic) bond motifs is 1. The maximum absolute atomic E-state index is 12.2. The molecule has 3 aromatic rings. The van der Waals surface area contributed by atoms with Gasteiger partial charge in [0.1, 0.15) is 12.2 Å². The van der Waals surface area contributed by atoms with Crippen LogP contribution >= 0.6 is 11.6 Å². The Kier molecular flexibility index (Phi) is 6.27. The molecule has 0 saturated carbocycles. The second kappa shape index (κ2) is 9.25. The summed E-state index contributed by atoms with van der Waals surface area (Å²) in [6, 6.07) is 14.2. The van der Waals surface area contributed by atoms with E-state index in [4.69, 9.17) is 11.6 Å². The van der Waals surface area contributed by atoms with Crippen molar-refractivity contribution in [3.8, 4) is 0 Å². The number of nitrogens with one attached hydrogen (secondary N) is 2. The van der Waals surface area contributed by atoms with Crippen molar-refractivity contribution in [2.45, 2.75) is 32.4 Å². The minimum absolute atomic E-state index is 0.159. The lowest BCUT2D eigenvalue weighted by molar-refractivity contribution is -0.918. The normalized spacial score (nSPS) is 15.2. The summed E-state index contributed by atoms with van der Waals surface area (Å²) in [5.41, 5.74) is 3.90. The van der Waals surface area contributed by atoms with Gasteiger partial charge in [-0.25, -0.2) is 4.98 Å². The smallest absolute Gasteiger partial charge is 0.244 e. The topological polar surface area (TPSA) is 50.8 Å². The van der Waals surface area contributed by atoms with Crippen molar-refractivity contribution in [1.82, 2.24) is 14.7 Å². The molecule has 0 bridgehead atoms. The molecular weight excluding hydrogens is 384 g/mol. The Hall–Kier alpha value is -2.63. The highest BCUT2D eigenvalue weighted by Crippen LogP contribution is 2.18. The van der Waals surface area contributed by atoms with E-state index in [2.05, 4.69) is 34.6 Å². The standard InChI is InChI=1S/C23H25ClN4O/c24-23-20(28-15-5-2-6-21(28)26-23)11-12-22(29)25-16-18-7-9-19(10-8-18)17-27-13-3-1-4-14-27/h2,5-12,15H,1,3-4,13-14,16-17H2,(H,25,29)/p+1/b12-11+. The van der Waals surface area contributed by atoms with Crippen LogP contribution in [-0.2, 0) is 17.9 Å². The third-order valence-electron chi connectivity index (χ3n) is 5.42. The molecule has 1 aliphatic heterocycles. The number of rotatable bonds is 6. The van der Waals surface area contributed by atoms with Crippen LogP contribution in [0, 0.1) is 0 Å². The first-order valence-electron chi connectivity index (χ1n) is 10.2. The number of nitrogens with zero attached hydrogens (tertiary/aromatic N) is 2. The van der Waals surface area contributed by atoms with Gasteiger partial charge in [0.2, 0.25) is 5.91 Å². The molecule has 6 heteroatoms. The number of imidazole rings is 1. The van der Waals surface area contributed by atoms with Crippen LogP contribution in [0.3, 0.4) is 0 Å². The highest BCUT2D eigenvalue weighted by atomic mass is 35.5. The molecule has 150 valence electrons. The van der Waals surface area contributed by atoms with Crippen LogP contribution in [-0.4, -0.2) is 28.4 Å². The number of benzene rings is 1. The van der Waals surface area contributed by atoms with Gasteiger partial charge < -0.3 is 10.2 Å². The summed E-state index contributed by atoms with van der Waals surface area (Å²) < 4.78 is 1.86. The molecule has 3 heterocycles. The van der Waals surface area contributed by atoms with Crippen molar-refractivity contribution in [2.24, 2.45) is 0 Å². The van der Waals surface area contributed by atoms with Crippen molar-refractivity contribution in [3.05, 3.63) is 76.7 Å². The van der Waals surface area contributed by atoms with E-state index in [0.29, 0.717) is 17.4 Å². The zero-order valence-electron chi connectivity index (χ0n) is 16.4. The van der Waals surface area contributed by atoms with Gasteiger partial charge in [0.15, 0.2) is 5.15 Å². The van der Waals surface area contributed by atoms with Crippen molar-refractivity contribution < 1.29 is 9.69 Å². The number of halogens is 1. The van der Waals surface area contributed by atoms with Gasteiger partial charge in [-0.05, 0) is 43.0 Å². The monoisotopic (exact) mass is 409 g/mol. The fraction of sp³-hybridized carbons (Fsp3) is 0.304. The largest absolute Gasteiger partial charge is 0.348 e. The number of hydrogen-bond donors (Lipinski definition) is 2. The fourth-order valence-electron chi connectivity index (χ4n) is 3.83. The number of piperidine rings is 1. The van der Waals surface area contributed by atoms with E-state index < -0.39 is 0 Å². The van der Waals surface area contributed by atoms with Crippen molar-refractivity contribution >= 4 is 29.2 Å². The Labute approximate surface area is 176 Å². The van der Waals surface area contributed by atoms with Crippen LogP contribution in [0.2, 0.25) is 5.15 Å². The number of likely N-dealkylation sites (tertiary alicyclic amines) is 1. The number of amides is 1. The van der Waals surface area contributed by atoms with Crippen LogP contribution < -0.4 is 10.2 Å². The molecule has 4 rings (SSSR count). The lowest BCUT2D eigenvalue weighted by atomic mass is 10.1. The fourth-order valence-corrected chi connectivity index (χ4v) is 4.07. The molecule has 1 amide bonds. The van der Waals surface area contributed by atoms with Gasteiger partial charge in [0.05, 0.1) is 18.8 Å². The molecular formula is C23H26ClN4O+. The van der Waals surface area contributed by atoms with Crippen LogP contribution in [0.15, 0.2) is 54.7 Å². The average molecular weight is 410 g/mol. The summed E-state index contributed by atoms with van der Waals surface area (Å²) in [6.07, 6.45) is 9.12. The zero-order chi connectivity index (χ0) is 20.1. The Morgan fingerprint density at radius 1 is 1.10 bits per heavy atom. The second-order valence-corrected chi connectivity index (χ2v) is 7.93. The van der Waals surface area contributed by atoms with E-state index in [9.17, 15) is 4.79 Å². The maximum Gasteiger partial charge on any atom is 0.244 e. The van der Waals surface area contributed by atoms with E-state index in [1.165, 1.54) is 44.0 Å². The summed E-state index contributed by atoms with van der Waals surface area (Å²) in [7, 11) is 0. The van der Waals surface area contributed by atoms with Gasteiger partial charge in [-0.15, -0.1) is 0 Å². The highest BCUT2D eigenvalue weighted by Gasteiger charge is 2.13. The molecule has 0 unspecified atom stereocenters. The van der Waals surface area contributed by atoms with Gasteiger partial charge in [0, 0.05) is 24.4 Å². The Morgan fingerprint density at radius 3 is 2.66 bits per heavy atom. The first-order valence-corrected chi connectivity index (χ1v) is 10.6. The Balaban J connectivity index is 1.31. The molecule has 1 fully saturated rings. The molecule has 0 radical (unpaired) electrons. The molecule has 1 aliphatic rings. The molecule has 0 aliphatic carbocycles. The van der Waals surface area contributed by atoms with Crippen LogP contribution in [0.25, 0.3) is 11.7 Å². The maximum atomic E-state index is 12.2. The van der Waals surface area contributed by atoms with Gasteiger partial charge in [-0.3, -0.25) is 9.20 Å². The van der Waals surface area contributed by atoms with Crippen LogP contribution in [0.4, 0.5) is 0 Å². The number of hydrogen-bond acceptors (Lipinski definition) is 2. The Bertz CT molecular complexity index is 1000. The number of carbonyl (C=O) groups is 1. The summed E-state index contributed by atoms with van der Waals surface area (Å²) in [5, 5.41) is 3.31. The quantitative estimate of drug-likeness (QED) is 0.615. The minimum Gasteiger partial charge on any atom is -0.348 e. The molecule has 1 saturated heterocycles. The van der Waals surface area contributed by atoms with Gasteiger partial charge in [-0.2, -0.15) is 0 Å². The average Bonchev–Trinajstić information content (AvgIpc) is 3.07. The Morgan fingerprint density at radius 2 is 1.86 bits per heavy atom. The van der Waals surface area contributed by atoms with Gasteiger partial charge in [0.25, 0.3) is 0 Å². The lowest BCUT2D eigenvalue weighted by Crippen LogP contribution is -3.11. The molecule has 2 aromatic heterocycles. The summed E-state index contributed by atoms with van der Waals surface area (Å²) in [4.78, 5) is 18.2. The van der Waals surface area contributed by atoms with Crippen molar-refractivity contribution in [3.63, 3.8) is 0 Å². The molecule has 29 heavy (non-hydrogen) atoms. The van der Waals surface area contributed by atoms with E-state index in [-0.39, 0.29) is 5.91 Å². The van der Waals surface area contributed by atoms with Crippen molar-refractivity contribution in [1.29, 1.82) is 0 Å². The highest BCUT2D eigenvalue weighted by molar-refractivity contribution is 6.31. The van der Waals surface area contributed by atoms with Crippen LogP contribution in [0.5, 0.6) is 0 Å². The van der Waals surface area contributed by atoms with Crippen molar-refractivity contribution in [2.75, 3.05) is 13.1 Å². The summed E-state index contributed by atoms with van der Waals surface area (Å²) in [5.74, 6) is -0.159. The molecule has 5 nitrogen and oxygen atoms in total. The SMILES string of the molecule is O=C(/C=C/c1c(Cl)nc2ccccn12)NCc1ccc(C[NH+]2CCCCC2)cc1. The second-order valence-electron chi connectivity index (χ2n) is 7.57.